The molecule has 0 radical (unpaired) electrons. The Hall–Kier alpha value is -3.18. The predicted molar refractivity (Wildman–Crippen MR) is 118 cm³/mol. The van der Waals surface area contributed by atoms with E-state index in [1.54, 1.807) is 12.1 Å². The lowest BCUT2D eigenvalue weighted by atomic mass is 10.1. The van der Waals surface area contributed by atoms with Crippen molar-refractivity contribution in [2.45, 2.75) is 19.2 Å². The van der Waals surface area contributed by atoms with Gasteiger partial charge in [-0.1, -0.05) is 72.3 Å². The minimum atomic E-state index is -0.383. The summed E-state index contributed by atoms with van der Waals surface area (Å²) in [5.74, 6) is -0.465. The zero-order valence-corrected chi connectivity index (χ0v) is 17.3. The third-order valence-electron chi connectivity index (χ3n) is 4.95. The van der Waals surface area contributed by atoms with Crippen LogP contribution in [0.4, 0.5) is 4.39 Å². The molecular formula is C25H20FNO2S. The van der Waals surface area contributed by atoms with Gasteiger partial charge in [0.25, 0.3) is 11.8 Å². The van der Waals surface area contributed by atoms with Crippen molar-refractivity contribution in [3.05, 3.63) is 112 Å². The molecule has 150 valence electrons. The molecule has 0 spiro atoms. The van der Waals surface area contributed by atoms with Crippen LogP contribution in [0.25, 0.3) is 5.57 Å². The number of hydrogen-bond donors (Lipinski definition) is 0. The van der Waals surface area contributed by atoms with Crippen LogP contribution in [0.3, 0.4) is 0 Å². The second kappa shape index (κ2) is 8.67. The number of carbonyl (C=O) groups is 2. The fourth-order valence-electron chi connectivity index (χ4n) is 3.31. The molecule has 0 saturated heterocycles. The zero-order chi connectivity index (χ0) is 21.1. The Kier molecular flexibility index (Phi) is 5.81. The maximum atomic E-state index is 13.4. The first-order valence-corrected chi connectivity index (χ1v) is 10.6. The monoisotopic (exact) mass is 417 g/mol. The van der Waals surface area contributed by atoms with E-state index in [-0.39, 0.29) is 24.2 Å². The molecule has 2 amide bonds. The van der Waals surface area contributed by atoms with Gasteiger partial charge in [0.15, 0.2) is 0 Å². The molecule has 30 heavy (non-hydrogen) atoms. The van der Waals surface area contributed by atoms with E-state index in [1.165, 1.54) is 28.8 Å². The van der Waals surface area contributed by atoms with Crippen molar-refractivity contribution in [1.82, 2.24) is 4.90 Å². The number of halogens is 1. The Morgan fingerprint density at radius 1 is 0.800 bits per heavy atom. The van der Waals surface area contributed by atoms with E-state index in [1.807, 2.05) is 61.5 Å². The van der Waals surface area contributed by atoms with Gasteiger partial charge in [-0.3, -0.25) is 14.5 Å². The molecule has 3 nitrogen and oxygen atoms in total. The van der Waals surface area contributed by atoms with Crippen LogP contribution in [0, 0.1) is 12.7 Å². The van der Waals surface area contributed by atoms with Gasteiger partial charge < -0.3 is 0 Å². The Morgan fingerprint density at radius 2 is 1.47 bits per heavy atom. The molecule has 0 bridgehead atoms. The molecule has 3 aromatic carbocycles. The number of imide groups is 1. The number of carbonyl (C=O) groups excluding carboxylic acids is 2. The standard InChI is InChI=1S/C25H20FNO2S/c1-17-7-9-18(10-8-17)15-27-24(28)22(20-11-13-21(26)14-12-20)23(25(27)29)30-16-19-5-3-2-4-6-19/h2-14H,15-16H2,1H3. The summed E-state index contributed by atoms with van der Waals surface area (Å²) in [6, 6.07) is 23.3. The maximum Gasteiger partial charge on any atom is 0.268 e. The average Bonchev–Trinajstić information content (AvgIpc) is 2.99. The fraction of sp³-hybridized carbons (Fsp3) is 0.120. The van der Waals surface area contributed by atoms with Crippen LogP contribution in [0.5, 0.6) is 0 Å². The lowest BCUT2D eigenvalue weighted by Crippen LogP contribution is -2.30. The summed E-state index contributed by atoms with van der Waals surface area (Å²) in [6.07, 6.45) is 0. The Bertz CT molecular complexity index is 1110. The first-order valence-electron chi connectivity index (χ1n) is 9.61. The molecule has 4 rings (SSSR count). The number of amides is 2. The number of benzene rings is 3. The summed E-state index contributed by atoms with van der Waals surface area (Å²) < 4.78 is 13.4. The van der Waals surface area contributed by atoms with E-state index in [9.17, 15) is 14.0 Å². The van der Waals surface area contributed by atoms with Crippen molar-refractivity contribution in [2.75, 3.05) is 0 Å². The van der Waals surface area contributed by atoms with Crippen LogP contribution in [-0.4, -0.2) is 16.7 Å². The summed E-state index contributed by atoms with van der Waals surface area (Å²) in [5.41, 5.74) is 3.95. The number of thioether (sulfide) groups is 1. The number of nitrogens with zero attached hydrogens (tertiary/aromatic N) is 1. The molecule has 5 heteroatoms. The molecule has 1 aliphatic heterocycles. The lowest BCUT2D eigenvalue weighted by molar-refractivity contribution is -0.137. The van der Waals surface area contributed by atoms with Crippen LogP contribution in [0.2, 0.25) is 0 Å². The summed E-state index contributed by atoms with van der Waals surface area (Å²) in [7, 11) is 0. The van der Waals surface area contributed by atoms with E-state index in [4.69, 9.17) is 0 Å². The highest BCUT2D eigenvalue weighted by atomic mass is 32.2. The van der Waals surface area contributed by atoms with Crippen LogP contribution in [-0.2, 0) is 21.9 Å². The first-order chi connectivity index (χ1) is 14.5. The third kappa shape index (κ3) is 4.21. The highest BCUT2D eigenvalue weighted by molar-refractivity contribution is 8.03. The predicted octanol–water partition coefficient (Wildman–Crippen LogP) is 5.35. The largest absolute Gasteiger partial charge is 0.269 e. The normalized spacial score (nSPS) is 14.0. The number of hydrogen-bond acceptors (Lipinski definition) is 3. The minimum Gasteiger partial charge on any atom is -0.269 e. The van der Waals surface area contributed by atoms with Gasteiger partial charge in [-0.15, -0.1) is 11.8 Å². The van der Waals surface area contributed by atoms with Gasteiger partial charge in [0, 0.05) is 5.75 Å². The van der Waals surface area contributed by atoms with Gasteiger partial charge >= 0.3 is 0 Å². The topological polar surface area (TPSA) is 37.4 Å². The van der Waals surface area contributed by atoms with Crippen molar-refractivity contribution in [3.8, 4) is 0 Å². The molecule has 1 heterocycles. The van der Waals surface area contributed by atoms with Gasteiger partial charge in [-0.2, -0.15) is 0 Å². The summed E-state index contributed by atoms with van der Waals surface area (Å²) >= 11 is 1.35. The van der Waals surface area contributed by atoms with Crippen molar-refractivity contribution >= 4 is 29.1 Å². The van der Waals surface area contributed by atoms with Gasteiger partial charge in [0.1, 0.15) is 5.82 Å². The summed E-state index contributed by atoms with van der Waals surface area (Å²) in [5, 5.41) is 0. The number of aryl methyl sites for hydroxylation is 1. The van der Waals surface area contributed by atoms with Crippen molar-refractivity contribution < 1.29 is 14.0 Å². The van der Waals surface area contributed by atoms with Gasteiger partial charge in [0.2, 0.25) is 0 Å². The van der Waals surface area contributed by atoms with Crippen LogP contribution >= 0.6 is 11.8 Å². The van der Waals surface area contributed by atoms with Crippen molar-refractivity contribution in [2.24, 2.45) is 0 Å². The average molecular weight is 418 g/mol. The molecule has 1 aliphatic rings. The van der Waals surface area contributed by atoms with E-state index >= 15 is 0 Å². The molecule has 0 N–H and O–H groups in total. The van der Waals surface area contributed by atoms with Gasteiger partial charge in [-0.25, -0.2) is 4.39 Å². The first kappa shape index (κ1) is 20.1. The fourth-order valence-corrected chi connectivity index (χ4v) is 4.39. The smallest absolute Gasteiger partial charge is 0.268 e. The summed E-state index contributed by atoms with van der Waals surface area (Å²) in [6.45, 7) is 2.19. The molecular weight excluding hydrogens is 397 g/mol. The summed E-state index contributed by atoms with van der Waals surface area (Å²) in [4.78, 5) is 28.1. The Morgan fingerprint density at radius 3 is 2.13 bits per heavy atom. The minimum absolute atomic E-state index is 0.206. The van der Waals surface area contributed by atoms with Crippen molar-refractivity contribution in [3.63, 3.8) is 0 Å². The Labute approximate surface area is 179 Å². The lowest BCUT2D eigenvalue weighted by Gasteiger charge is -2.15. The molecule has 0 unspecified atom stereocenters. The van der Waals surface area contributed by atoms with Gasteiger partial charge in [0.05, 0.1) is 17.0 Å². The second-order valence-corrected chi connectivity index (χ2v) is 8.15. The van der Waals surface area contributed by atoms with Crippen LogP contribution in [0.1, 0.15) is 22.3 Å². The maximum absolute atomic E-state index is 13.4. The van der Waals surface area contributed by atoms with E-state index in [0.29, 0.717) is 21.8 Å². The molecule has 0 saturated carbocycles. The highest BCUT2D eigenvalue weighted by Gasteiger charge is 2.39. The van der Waals surface area contributed by atoms with E-state index in [0.717, 1.165) is 16.7 Å². The van der Waals surface area contributed by atoms with Crippen molar-refractivity contribution in [1.29, 1.82) is 0 Å². The SMILES string of the molecule is Cc1ccc(CN2C(=O)C(SCc3ccccc3)=C(c3ccc(F)cc3)C2=O)cc1. The molecule has 0 fully saturated rings. The molecule has 0 atom stereocenters. The van der Waals surface area contributed by atoms with E-state index in [2.05, 4.69) is 0 Å². The quantitative estimate of drug-likeness (QED) is 0.508. The number of rotatable bonds is 6. The van der Waals surface area contributed by atoms with Gasteiger partial charge in [-0.05, 0) is 35.7 Å². The zero-order valence-electron chi connectivity index (χ0n) is 16.5. The Balaban J connectivity index is 1.66. The van der Waals surface area contributed by atoms with Crippen LogP contribution in [0.15, 0.2) is 83.8 Å². The molecule has 0 aliphatic carbocycles. The highest BCUT2D eigenvalue weighted by Crippen LogP contribution is 2.38. The van der Waals surface area contributed by atoms with Crippen LogP contribution < -0.4 is 0 Å². The third-order valence-corrected chi connectivity index (χ3v) is 6.09. The molecule has 3 aromatic rings. The second-order valence-electron chi connectivity index (χ2n) is 7.17. The van der Waals surface area contributed by atoms with E-state index < -0.39 is 0 Å². The molecule has 0 aromatic heterocycles.